The number of hydrogen-bond acceptors (Lipinski definition) is 3. The summed E-state index contributed by atoms with van der Waals surface area (Å²) in [6.45, 7) is 0. The van der Waals surface area contributed by atoms with Crippen molar-refractivity contribution in [1.29, 1.82) is 0 Å². The molecule has 168 valence electrons. The zero-order valence-corrected chi connectivity index (χ0v) is 19.2. The highest BCUT2D eigenvalue weighted by atomic mass is 15.2. The van der Waals surface area contributed by atoms with Crippen LogP contribution in [0.25, 0.3) is 66.6 Å². The molecule has 0 bridgehead atoms. The Labute approximate surface area is 205 Å². The van der Waals surface area contributed by atoms with Gasteiger partial charge >= 0.3 is 0 Å². The van der Waals surface area contributed by atoms with Crippen molar-refractivity contribution < 1.29 is 0 Å². The van der Waals surface area contributed by atoms with E-state index in [9.17, 15) is 0 Å². The Morgan fingerprint density at radius 2 is 1.19 bits per heavy atom. The van der Waals surface area contributed by atoms with Crippen LogP contribution in [-0.2, 0) is 0 Å². The number of pyridine rings is 1. The van der Waals surface area contributed by atoms with Crippen LogP contribution in [0.15, 0.2) is 115 Å². The molecule has 0 saturated heterocycles. The molecule has 5 nitrogen and oxygen atoms in total. The summed E-state index contributed by atoms with van der Waals surface area (Å²) in [6, 6.07) is 37.4. The third-order valence-electron chi connectivity index (χ3n) is 6.94. The molecule has 36 heavy (non-hydrogen) atoms. The maximum atomic E-state index is 5.16. The first-order chi connectivity index (χ1) is 17.8. The number of nitrogens with zero attached hydrogens (tertiary/aromatic N) is 5. The highest BCUT2D eigenvalue weighted by Crippen LogP contribution is 2.34. The largest absolute Gasteiger partial charge is 0.299 e. The zero-order valence-electron chi connectivity index (χ0n) is 19.2. The summed E-state index contributed by atoms with van der Waals surface area (Å²) in [5.41, 5.74) is 7.99. The van der Waals surface area contributed by atoms with Gasteiger partial charge in [0, 0.05) is 34.0 Å². The Hall–Kier alpha value is -5.03. The Balaban J connectivity index is 1.52. The molecule has 5 heteroatoms. The van der Waals surface area contributed by atoms with Crippen LogP contribution < -0.4 is 0 Å². The van der Waals surface area contributed by atoms with E-state index in [0.717, 1.165) is 60.6 Å². The van der Waals surface area contributed by atoms with Crippen molar-refractivity contribution in [2.75, 3.05) is 0 Å². The summed E-state index contributed by atoms with van der Waals surface area (Å²) < 4.78 is 4.34. The van der Waals surface area contributed by atoms with Crippen molar-refractivity contribution in [3.63, 3.8) is 0 Å². The topological polar surface area (TPSA) is 48.0 Å². The van der Waals surface area contributed by atoms with Gasteiger partial charge in [0.1, 0.15) is 5.65 Å². The third kappa shape index (κ3) is 2.68. The summed E-state index contributed by atoms with van der Waals surface area (Å²) in [6.07, 6.45) is 2.19. The van der Waals surface area contributed by atoms with Crippen LogP contribution in [0, 0.1) is 0 Å². The van der Waals surface area contributed by atoms with Gasteiger partial charge in [0.25, 0.3) is 0 Å². The molecule has 4 aromatic heterocycles. The van der Waals surface area contributed by atoms with Gasteiger partial charge in [-0.05, 0) is 24.3 Å². The van der Waals surface area contributed by atoms with Gasteiger partial charge in [-0.15, -0.1) is 0 Å². The third-order valence-corrected chi connectivity index (χ3v) is 6.94. The van der Waals surface area contributed by atoms with E-state index in [2.05, 4.69) is 88.0 Å². The van der Waals surface area contributed by atoms with Gasteiger partial charge in [-0.25, -0.2) is 15.0 Å². The first-order valence-electron chi connectivity index (χ1n) is 12.0. The second-order valence-corrected chi connectivity index (χ2v) is 9.01. The van der Waals surface area contributed by atoms with E-state index in [1.54, 1.807) is 0 Å². The summed E-state index contributed by atoms with van der Waals surface area (Å²) >= 11 is 0. The molecule has 0 amide bonds. The van der Waals surface area contributed by atoms with E-state index < -0.39 is 0 Å². The fourth-order valence-electron chi connectivity index (χ4n) is 5.31. The van der Waals surface area contributed by atoms with E-state index in [4.69, 9.17) is 15.0 Å². The van der Waals surface area contributed by atoms with Crippen molar-refractivity contribution in [2.24, 2.45) is 0 Å². The number of aromatic nitrogens is 5. The number of fused-ring (bicyclic) bond motifs is 7. The van der Waals surface area contributed by atoms with Gasteiger partial charge in [0.15, 0.2) is 0 Å². The molecular weight excluding hydrogens is 442 g/mol. The summed E-state index contributed by atoms with van der Waals surface area (Å²) in [4.78, 5) is 15.1. The number of para-hydroxylation sites is 4. The van der Waals surface area contributed by atoms with Crippen LogP contribution >= 0.6 is 0 Å². The van der Waals surface area contributed by atoms with Crippen LogP contribution in [0.1, 0.15) is 0 Å². The zero-order chi connectivity index (χ0) is 23.6. The molecule has 0 aliphatic rings. The molecule has 0 aliphatic carbocycles. The Kier molecular flexibility index (Phi) is 3.88. The lowest BCUT2D eigenvalue weighted by atomic mass is 10.1. The molecule has 0 spiro atoms. The Bertz CT molecular complexity index is 2100. The lowest BCUT2D eigenvalue weighted by Gasteiger charge is -2.11. The molecule has 8 aromatic rings. The standard InChI is InChI=1S/C31H19N5/c1-2-10-20(11-3-1)30-22-13-4-6-14-24(22)33-31(34-30)36-26-16-8-5-12-21(26)23-19-35-27-17-9-7-15-25(27)32-29(35)18-28(23)36/h1-19H. The molecule has 0 unspecified atom stereocenters. The van der Waals surface area contributed by atoms with Gasteiger partial charge in [0.05, 0.1) is 33.3 Å². The first-order valence-corrected chi connectivity index (χ1v) is 12.0. The average Bonchev–Trinajstić information content (AvgIpc) is 3.46. The van der Waals surface area contributed by atoms with E-state index in [0.29, 0.717) is 5.95 Å². The smallest absolute Gasteiger partial charge is 0.235 e. The van der Waals surface area contributed by atoms with E-state index in [1.807, 2.05) is 36.4 Å². The molecular formula is C31H19N5. The molecule has 8 rings (SSSR count). The molecule has 0 N–H and O–H groups in total. The number of rotatable bonds is 2. The monoisotopic (exact) mass is 461 g/mol. The highest BCUT2D eigenvalue weighted by Gasteiger charge is 2.18. The number of hydrogen-bond donors (Lipinski definition) is 0. The lowest BCUT2D eigenvalue weighted by molar-refractivity contribution is 1.01. The second-order valence-electron chi connectivity index (χ2n) is 9.01. The van der Waals surface area contributed by atoms with Gasteiger partial charge < -0.3 is 0 Å². The minimum absolute atomic E-state index is 0.652. The van der Waals surface area contributed by atoms with Gasteiger partial charge in [0.2, 0.25) is 5.95 Å². The maximum absolute atomic E-state index is 5.16. The molecule has 0 saturated carbocycles. The first kappa shape index (κ1) is 19.3. The van der Waals surface area contributed by atoms with Crippen molar-refractivity contribution >= 4 is 49.4 Å². The summed E-state index contributed by atoms with van der Waals surface area (Å²) in [7, 11) is 0. The van der Waals surface area contributed by atoms with Crippen LogP contribution in [0.2, 0.25) is 0 Å². The van der Waals surface area contributed by atoms with Crippen LogP contribution in [-0.4, -0.2) is 23.9 Å². The normalized spacial score (nSPS) is 11.9. The van der Waals surface area contributed by atoms with Crippen molar-refractivity contribution in [2.45, 2.75) is 0 Å². The SMILES string of the molecule is c1ccc(-c2nc(-n3c4ccccc4c4cn5c(cc43)nc3ccccc35)nc3ccccc23)cc1. The van der Waals surface area contributed by atoms with E-state index in [-0.39, 0.29) is 0 Å². The quantitative estimate of drug-likeness (QED) is 0.274. The van der Waals surface area contributed by atoms with E-state index >= 15 is 0 Å². The predicted molar refractivity (Wildman–Crippen MR) is 146 cm³/mol. The van der Waals surface area contributed by atoms with Crippen LogP contribution in [0.3, 0.4) is 0 Å². The average molecular weight is 462 g/mol. The Morgan fingerprint density at radius 1 is 0.500 bits per heavy atom. The predicted octanol–water partition coefficient (Wildman–Crippen LogP) is 7.19. The molecule has 0 aliphatic heterocycles. The van der Waals surface area contributed by atoms with Crippen molar-refractivity contribution in [1.82, 2.24) is 23.9 Å². The number of imidazole rings is 1. The van der Waals surface area contributed by atoms with E-state index in [1.165, 1.54) is 0 Å². The molecule has 4 aromatic carbocycles. The second kappa shape index (κ2) is 7.23. The fraction of sp³-hybridized carbons (Fsp3) is 0. The highest BCUT2D eigenvalue weighted by molar-refractivity contribution is 6.10. The summed E-state index contributed by atoms with van der Waals surface area (Å²) in [5, 5.41) is 3.33. The van der Waals surface area contributed by atoms with Crippen LogP contribution in [0.5, 0.6) is 0 Å². The minimum Gasteiger partial charge on any atom is -0.299 e. The van der Waals surface area contributed by atoms with Gasteiger partial charge in [-0.3, -0.25) is 8.97 Å². The van der Waals surface area contributed by atoms with Crippen molar-refractivity contribution in [3.8, 4) is 17.2 Å². The van der Waals surface area contributed by atoms with Crippen molar-refractivity contribution in [3.05, 3.63) is 115 Å². The fourth-order valence-corrected chi connectivity index (χ4v) is 5.31. The maximum Gasteiger partial charge on any atom is 0.235 e. The van der Waals surface area contributed by atoms with Crippen LogP contribution in [0.4, 0.5) is 0 Å². The summed E-state index contributed by atoms with van der Waals surface area (Å²) in [5.74, 6) is 0.652. The molecule has 0 atom stereocenters. The van der Waals surface area contributed by atoms with Gasteiger partial charge in [-0.2, -0.15) is 0 Å². The molecule has 0 radical (unpaired) electrons. The lowest BCUT2D eigenvalue weighted by Crippen LogP contribution is -2.03. The van der Waals surface area contributed by atoms with Gasteiger partial charge in [-0.1, -0.05) is 78.9 Å². The number of benzene rings is 4. The molecule has 4 heterocycles. The molecule has 0 fully saturated rings. The Morgan fingerprint density at radius 3 is 2.06 bits per heavy atom. The minimum atomic E-state index is 0.652.